The van der Waals surface area contributed by atoms with Crippen LogP contribution in [-0.2, 0) is 6.54 Å². The summed E-state index contributed by atoms with van der Waals surface area (Å²) in [5.74, 6) is 1.18. The number of piperidine rings is 1. The number of nitrogens with zero attached hydrogens (tertiary/aromatic N) is 2. The normalized spacial score (nSPS) is 26.7. The molecule has 96 valence electrons. The molecule has 0 aromatic carbocycles. The molecule has 2 atom stereocenters. The SMILES string of the molecule is C=CCCN1C[C@@H]2C[C@H](C1)c1cccc(=O)n1C2. The van der Waals surface area contributed by atoms with E-state index in [1.54, 1.807) is 6.07 Å². The second-order valence-corrected chi connectivity index (χ2v) is 5.54. The van der Waals surface area contributed by atoms with Crippen molar-refractivity contribution in [3.8, 4) is 0 Å². The molecule has 1 saturated heterocycles. The van der Waals surface area contributed by atoms with Gasteiger partial charge in [0, 0.05) is 43.9 Å². The molecule has 3 heteroatoms. The van der Waals surface area contributed by atoms with Crippen LogP contribution in [0.2, 0.25) is 0 Å². The molecule has 0 spiro atoms. The molecular formula is C15H20N2O. The largest absolute Gasteiger partial charge is 0.312 e. The van der Waals surface area contributed by atoms with Gasteiger partial charge in [-0.2, -0.15) is 0 Å². The lowest BCUT2D eigenvalue weighted by Gasteiger charge is -2.42. The quantitative estimate of drug-likeness (QED) is 0.758. The minimum atomic E-state index is 0.168. The number of hydrogen-bond donors (Lipinski definition) is 0. The topological polar surface area (TPSA) is 25.2 Å². The fourth-order valence-corrected chi connectivity index (χ4v) is 3.45. The summed E-state index contributed by atoms with van der Waals surface area (Å²) in [6, 6.07) is 5.70. The van der Waals surface area contributed by atoms with Crippen LogP contribution in [0.3, 0.4) is 0 Å². The number of hydrogen-bond acceptors (Lipinski definition) is 2. The molecule has 0 unspecified atom stereocenters. The third kappa shape index (κ3) is 2.03. The highest BCUT2D eigenvalue weighted by atomic mass is 16.1. The maximum Gasteiger partial charge on any atom is 0.250 e. The van der Waals surface area contributed by atoms with Gasteiger partial charge in [-0.25, -0.2) is 0 Å². The minimum absolute atomic E-state index is 0.168. The average Bonchev–Trinajstić information content (AvgIpc) is 2.38. The number of aromatic nitrogens is 1. The Morgan fingerprint density at radius 3 is 3.06 bits per heavy atom. The van der Waals surface area contributed by atoms with Crippen LogP contribution < -0.4 is 5.56 Å². The zero-order chi connectivity index (χ0) is 12.5. The van der Waals surface area contributed by atoms with Gasteiger partial charge >= 0.3 is 0 Å². The number of fused-ring (bicyclic) bond motifs is 4. The van der Waals surface area contributed by atoms with Gasteiger partial charge in [-0.1, -0.05) is 12.1 Å². The monoisotopic (exact) mass is 244 g/mol. The van der Waals surface area contributed by atoms with Gasteiger partial charge in [0.2, 0.25) is 0 Å². The molecule has 0 saturated carbocycles. The van der Waals surface area contributed by atoms with Crippen LogP contribution in [-0.4, -0.2) is 29.1 Å². The number of rotatable bonds is 3. The molecule has 1 fully saturated rings. The van der Waals surface area contributed by atoms with Crippen LogP contribution in [0.1, 0.15) is 24.5 Å². The van der Waals surface area contributed by atoms with Gasteiger partial charge in [-0.3, -0.25) is 4.79 Å². The first-order valence-corrected chi connectivity index (χ1v) is 6.81. The molecule has 3 rings (SSSR count). The molecule has 0 N–H and O–H groups in total. The number of likely N-dealkylation sites (tertiary alicyclic amines) is 1. The first-order chi connectivity index (χ1) is 8.78. The lowest BCUT2D eigenvalue weighted by molar-refractivity contribution is 0.122. The Balaban J connectivity index is 1.85. The van der Waals surface area contributed by atoms with E-state index < -0.39 is 0 Å². The molecule has 0 radical (unpaired) electrons. The van der Waals surface area contributed by atoms with E-state index in [1.165, 1.54) is 12.1 Å². The first-order valence-electron chi connectivity index (χ1n) is 6.81. The van der Waals surface area contributed by atoms with Gasteiger partial charge in [0.15, 0.2) is 0 Å². The second-order valence-electron chi connectivity index (χ2n) is 5.54. The Morgan fingerprint density at radius 1 is 1.33 bits per heavy atom. The molecular weight excluding hydrogens is 224 g/mol. The molecule has 2 bridgehead atoms. The van der Waals surface area contributed by atoms with Crippen molar-refractivity contribution < 1.29 is 0 Å². The molecule has 1 aromatic rings. The van der Waals surface area contributed by atoms with Crippen molar-refractivity contribution in [2.75, 3.05) is 19.6 Å². The maximum atomic E-state index is 11.9. The predicted octanol–water partition coefficient (Wildman–Crippen LogP) is 1.84. The Bertz CT molecular complexity index is 505. The van der Waals surface area contributed by atoms with Crippen LogP contribution >= 0.6 is 0 Å². The maximum absolute atomic E-state index is 11.9. The Kier molecular flexibility index (Phi) is 3.08. The second kappa shape index (κ2) is 4.73. The fraction of sp³-hybridized carbons (Fsp3) is 0.533. The van der Waals surface area contributed by atoms with Crippen molar-refractivity contribution in [2.45, 2.75) is 25.3 Å². The summed E-state index contributed by atoms with van der Waals surface area (Å²) >= 11 is 0. The van der Waals surface area contributed by atoms with Gasteiger partial charge in [0.1, 0.15) is 0 Å². The van der Waals surface area contributed by atoms with Gasteiger partial charge in [0.05, 0.1) is 0 Å². The molecule has 2 aliphatic heterocycles. The highest BCUT2D eigenvalue weighted by molar-refractivity contribution is 5.16. The highest BCUT2D eigenvalue weighted by Gasteiger charge is 2.33. The summed E-state index contributed by atoms with van der Waals surface area (Å²) in [4.78, 5) is 14.4. The van der Waals surface area contributed by atoms with E-state index in [4.69, 9.17) is 0 Å². The Hall–Kier alpha value is -1.35. The minimum Gasteiger partial charge on any atom is -0.312 e. The summed E-state index contributed by atoms with van der Waals surface area (Å²) in [5, 5.41) is 0. The zero-order valence-electron chi connectivity index (χ0n) is 10.7. The third-order valence-electron chi connectivity index (χ3n) is 4.20. The molecule has 3 nitrogen and oxygen atoms in total. The van der Waals surface area contributed by atoms with Crippen LogP contribution in [0.15, 0.2) is 35.6 Å². The Morgan fingerprint density at radius 2 is 2.22 bits per heavy atom. The molecule has 0 aliphatic carbocycles. The lowest BCUT2D eigenvalue weighted by Crippen LogP contribution is -2.47. The van der Waals surface area contributed by atoms with E-state index in [0.717, 1.165) is 32.6 Å². The van der Waals surface area contributed by atoms with Crippen molar-refractivity contribution in [3.05, 3.63) is 46.9 Å². The summed E-state index contributed by atoms with van der Waals surface area (Å²) in [7, 11) is 0. The van der Waals surface area contributed by atoms with E-state index in [1.807, 2.05) is 16.7 Å². The van der Waals surface area contributed by atoms with E-state index in [9.17, 15) is 4.79 Å². The lowest BCUT2D eigenvalue weighted by atomic mass is 9.83. The molecule has 0 amide bonds. The van der Waals surface area contributed by atoms with Gasteiger partial charge in [-0.15, -0.1) is 6.58 Å². The smallest absolute Gasteiger partial charge is 0.250 e. The summed E-state index contributed by atoms with van der Waals surface area (Å²) < 4.78 is 1.99. The van der Waals surface area contributed by atoms with E-state index in [2.05, 4.69) is 17.5 Å². The zero-order valence-corrected chi connectivity index (χ0v) is 10.7. The van der Waals surface area contributed by atoms with E-state index in [0.29, 0.717) is 11.8 Å². The van der Waals surface area contributed by atoms with Gasteiger partial charge < -0.3 is 9.47 Å². The van der Waals surface area contributed by atoms with E-state index in [-0.39, 0.29) is 5.56 Å². The van der Waals surface area contributed by atoms with Gasteiger partial charge in [0.25, 0.3) is 5.56 Å². The van der Waals surface area contributed by atoms with Crippen molar-refractivity contribution in [2.24, 2.45) is 5.92 Å². The molecule has 2 aliphatic rings. The van der Waals surface area contributed by atoms with Crippen molar-refractivity contribution in [1.29, 1.82) is 0 Å². The molecule has 3 heterocycles. The summed E-state index contributed by atoms with van der Waals surface area (Å²) in [6.45, 7) is 8.02. The molecule has 18 heavy (non-hydrogen) atoms. The summed E-state index contributed by atoms with van der Waals surface area (Å²) in [6.07, 6.45) is 4.29. The van der Waals surface area contributed by atoms with Crippen LogP contribution in [0, 0.1) is 5.92 Å². The highest BCUT2D eigenvalue weighted by Crippen LogP contribution is 2.34. The van der Waals surface area contributed by atoms with Crippen molar-refractivity contribution >= 4 is 0 Å². The van der Waals surface area contributed by atoms with Crippen LogP contribution in [0.4, 0.5) is 0 Å². The molecule has 1 aromatic heterocycles. The van der Waals surface area contributed by atoms with Crippen LogP contribution in [0.25, 0.3) is 0 Å². The third-order valence-corrected chi connectivity index (χ3v) is 4.20. The standard InChI is InChI=1S/C15H20N2O/c1-2-3-7-16-9-12-8-13(11-16)14-5-4-6-15(18)17(14)10-12/h2,4-6,12-13H,1,3,7-11H2/t12-,13+/m0/s1. The van der Waals surface area contributed by atoms with Gasteiger partial charge in [-0.05, 0) is 24.8 Å². The van der Waals surface area contributed by atoms with Crippen LogP contribution in [0.5, 0.6) is 0 Å². The summed E-state index contributed by atoms with van der Waals surface area (Å²) in [5.41, 5.74) is 1.41. The van der Waals surface area contributed by atoms with E-state index >= 15 is 0 Å². The fourth-order valence-electron chi connectivity index (χ4n) is 3.45. The predicted molar refractivity (Wildman–Crippen MR) is 72.8 cm³/mol. The first kappa shape index (κ1) is 11.7. The van der Waals surface area contributed by atoms with Crippen molar-refractivity contribution in [1.82, 2.24) is 9.47 Å². The Labute approximate surface area is 108 Å². The van der Waals surface area contributed by atoms with Crippen molar-refractivity contribution in [3.63, 3.8) is 0 Å². The number of pyridine rings is 1. The average molecular weight is 244 g/mol.